The van der Waals surface area contributed by atoms with E-state index in [1.807, 2.05) is 0 Å². The van der Waals surface area contributed by atoms with Crippen molar-refractivity contribution in [3.05, 3.63) is 0 Å². The summed E-state index contributed by atoms with van der Waals surface area (Å²) in [4.78, 5) is 0. The van der Waals surface area contributed by atoms with Gasteiger partial charge in [0.2, 0.25) is 0 Å². The van der Waals surface area contributed by atoms with Crippen LogP contribution in [0.5, 0.6) is 0 Å². The summed E-state index contributed by atoms with van der Waals surface area (Å²) in [5.74, 6) is 0. The Morgan fingerprint density at radius 3 is 0.688 bits per heavy atom. The predicted molar refractivity (Wildman–Crippen MR) is 160 cm³/mol. The molecule has 0 heterocycles. The van der Waals surface area contributed by atoms with Gasteiger partial charge >= 0.3 is 12.0 Å². The number of halogens is 6. The van der Waals surface area contributed by atoms with Crippen LogP contribution in [-0.2, 0) is 0 Å². The lowest BCUT2D eigenvalue weighted by Crippen LogP contribution is -2.07. The quantitative estimate of drug-likeness (QED) is 0.0653. The highest BCUT2D eigenvalue weighted by molar-refractivity contribution is 7.65. The van der Waals surface area contributed by atoms with Crippen LogP contribution in [0.25, 0.3) is 0 Å². The minimum Gasteiger partial charge on any atom is -0.126 e. The van der Waals surface area contributed by atoms with Crippen molar-refractivity contribution in [1.29, 1.82) is 0 Å². The van der Waals surface area contributed by atoms with Gasteiger partial charge in [0.05, 0.1) is 0 Å². The fourth-order valence-corrected chi connectivity index (χ4v) is 7.33. The Morgan fingerprint density at radius 1 is 0.312 bits per heavy atom. The number of hydrogen-bond acceptors (Lipinski definition) is 0. The lowest BCUT2D eigenvalue weighted by Gasteiger charge is -2.06. The Morgan fingerprint density at radius 2 is 0.500 bits per heavy atom. The van der Waals surface area contributed by atoms with Crippen LogP contribution in [0.3, 0.4) is 0 Å². The van der Waals surface area contributed by atoms with Crippen LogP contribution in [0.2, 0.25) is 12.1 Å². The molecule has 0 saturated carbocycles. The molecule has 0 aromatic heterocycles. The van der Waals surface area contributed by atoms with E-state index in [9.17, 15) is 0 Å². The predicted octanol–water partition coefficient (Wildman–Crippen LogP) is 13.1. The Bertz CT molecular complexity index is 325. The van der Waals surface area contributed by atoms with E-state index in [1.165, 1.54) is 116 Å². The molecule has 0 aliphatic heterocycles. The highest BCUT2D eigenvalue weighted by atomic mass is 35.8. The molecule has 0 aromatic carbocycles. The van der Waals surface area contributed by atoms with E-state index in [0.29, 0.717) is 0 Å². The first-order chi connectivity index (χ1) is 15.1. The molecule has 0 aliphatic carbocycles. The molecular weight excluding hydrogens is 557 g/mol. The Labute approximate surface area is 231 Å². The van der Waals surface area contributed by atoms with E-state index < -0.39 is 12.0 Å². The lowest BCUT2D eigenvalue weighted by atomic mass is 10.1. The SMILES string of the molecule is CCCCCCCCCCCC[Si](Cl)(Cl)Cl.CCCCCCCCCCCC[Si](Cl)(Cl)Cl. The topological polar surface area (TPSA) is 0 Å². The highest BCUT2D eigenvalue weighted by Crippen LogP contribution is 2.28. The van der Waals surface area contributed by atoms with E-state index in [2.05, 4.69) is 13.8 Å². The fraction of sp³-hybridized carbons (Fsp3) is 1.00. The summed E-state index contributed by atoms with van der Waals surface area (Å²) in [6.07, 6.45) is 26.7. The first-order valence-electron chi connectivity index (χ1n) is 13.3. The maximum Gasteiger partial charge on any atom is 0.341 e. The summed E-state index contributed by atoms with van der Waals surface area (Å²) in [6.45, 7) is 4.52. The molecule has 0 bridgehead atoms. The molecule has 0 saturated heterocycles. The fourth-order valence-electron chi connectivity index (χ4n) is 3.63. The van der Waals surface area contributed by atoms with Crippen molar-refractivity contribution in [3.63, 3.8) is 0 Å². The van der Waals surface area contributed by atoms with Crippen molar-refractivity contribution in [2.75, 3.05) is 0 Å². The molecule has 0 amide bonds. The van der Waals surface area contributed by atoms with Crippen LogP contribution in [0.15, 0.2) is 0 Å². The van der Waals surface area contributed by atoms with Gasteiger partial charge in [0.15, 0.2) is 0 Å². The zero-order valence-corrected chi connectivity index (χ0v) is 27.4. The van der Waals surface area contributed by atoms with Crippen LogP contribution in [-0.4, -0.2) is 12.0 Å². The molecule has 0 fully saturated rings. The third-order valence-corrected chi connectivity index (χ3v) is 10.9. The summed E-state index contributed by atoms with van der Waals surface area (Å²) < 4.78 is 0. The van der Waals surface area contributed by atoms with E-state index in [1.54, 1.807) is 0 Å². The van der Waals surface area contributed by atoms with Gasteiger partial charge in [0.25, 0.3) is 0 Å². The normalized spacial score (nSPS) is 12.0. The van der Waals surface area contributed by atoms with Crippen molar-refractivity contribution in [2.45, 2.75) is 154 Å². The van der Waals surface area contributed by atoms with Gasteiger partial charge in [-0.25, -0.2) is 0 Å². The molecule has 8 heteroatoms. The zero-order chi connectivity index (χ0) is 24.6. The standard InChI is InChI=1S/2C12H25Cl3Si/c2*1-2-3-4-5-6-7-8-9-10-11-12-16(13,14)15/h2*2-12H2,1H3. The molecule has 0 radical (unpaired) electrons. The van der Waals surface area contributed by atoms with Crippen LogP contribution in [0, 0.1) is 0 Å². The number of rotatable bonds is 22. The second-order valence-corrected chi connectivity index (χ2v) is 27.7. The van der Waals surface area contributed by atoms with E-state index in [-0.39, 0.29) is 0 Å². The van der Waals surface area contributed by atoms with Crippen LogP contribution >= 0.6 is 66.5 Å². The van der Waals surface area contributed by atoms with Crippen LogP contribution in [0.1, 0.15) is 142 Å². The third kappa shape index (κ3) is 39.4. The van der Waals surface area contributed by atoms with E-state index >= 15 is 0 Å². The summed E-state index contributed by atoms with van der Waals surface area (Å²) >= 11 is 34.9. The average Bonchev–Trinajstić information content (AvgIpc) is 2.70. The molecule has 0 spiro atoms. The van der Waals surface area contributed by atoms with E-state index in [0.717, 1.165) is 24.9 Å². The largest absolute Gasteiger partial charge is 0.341 e. The lowest BCUT2D eigenvalue weighted by molar-refractivity contribution is 0.562. The molecule has 0 N–H and O–H groups in total. The van der Waals surface area contributed by atoms with Crippen molar-refractivity contribution in [3.8, 4) is 0 Å². The van der Waals surface area contributed by atoms with Gasteiger partial charge in [-0.2, -0.15) is 0 Å². The molecule has 0 atom stereocenters. The minimum absolute atomic E-state index is 0.828. The first kappa shape index (κ1) is 36.3. The summed E-state index contributed by atoms with van der Waals surface area (Å²) in [5.41, 5.74) is 0. The summed E-state index contributed by atoms with van der Waals surface area (Å²) in [5, 5.41) is 0. The van der Waals surface area contributed by atoms with Crippen molar-refractivity contribution < 1.29 is 0 Å². The van der Waals surface area contributed by atoms with Crippen LogP contribution < -0.4 is 0 Å². The monoisotopic (exact) mass is 604 g/mol. The maximum atomic E-state index is 5.81. The van der Waals surface area contributed by atoms with Gasteiger partial charge in [0.1, 0.15) is 0 Å². The number of unbranched alkanes of at least 4 members (excludes halogenated alkanes) is 18. The van der Waals surface area contributed by atoms with Crippen molar-refractivity contribution in [2.24, 2.45) is 0 Å². The molecule has 0 aromatic rings. The van der Waals surface area contributed by atoms with E-state index in [4.69, 9.17) is 66.5 Å². The molecule has 0 nitrogen and oxygen atoms in total. The first-order valence-corrected chi connectivity index (χ1v) is 23.7. The molecule has 196 valence electrons. The maximum absolute atomic E-state index is 5.81. The smallest absolute Gasteiger partial charge is 0.126 e. The van der Waals surface area contributed by atoms with Gasteiger partial charge in [-0.05, 0) is 12.1 Å². The van der Waals surface area contributed by atoms with Gasteiger partial charge in [-0.3, -0.25) is 0 Å². The molecular formula is C24H50Cl6Si2. The van der Waals surface area contributed by atoms with Gasteiger partial charge < -0.3 is 0 Å². The third-order valence-electron chi connectivity index (χ3n) is 5.63. The average molecular weight is 608 g/mol. The molecule has 0 unspecified atom stereocenters. The Hall–Kier alpha value is 2.17. The second kappa shape index (κ2) is 26.2. The number of hydrogen-bond donors (Lipinski definition) is 0. The zero-order valence-electron chi connectivity index (χ0n) is 20.8. The van der Waals surface area contributed by atoms with Crippen molar-refractivity contribution >= 4 is 78.5 Å². The summed E-state index contributed by atoms with van der Waals surface area (Å²) in [6, 6.07) is -3.01. The molecule has 0 aliphatic rings. The van der Waals surface area contributed by atoms with Crippen molar-refractivity contribution in [1.82, 2.24) is 0 Å². The van der Waals surface area contributed by atoms with Gasteiger partial charge in [-0.1, -0.05) is 142 Å². The summed E-state index contributed by atoms with van der Waals surface area (Å²) in [7, 11) is 0. The highest BCUT2D eigenvalue weighted by Gasteiger charge is 2.24. The van der Waals surface area contributed by atoms with Gasteiger partial charge in [-0.15, -0.1) is 66.5 Å². The molecule has 32 heavy (non-hydrogen) atoms. The molecule has 0 rings (SSSR count). The Balaban J connectivity index is 0. The Kier molecular flexibility index (Phi) is 29.8. The van der Waals surface area contributed by atoms with Crippen LogP contribution in [0.4, 0.5) is 0 Å². The van der Waals surface area contributed by atoms with Gasteiger partial charge in [0, 0.05) is 0 Å². The minimum atomic E-state index is -2.33. The second-order valence-electron chi connectivity index (χ2n) is 9.09.